The van der Waals surface area contributed by atoms with Crippen LogP contribution in [0.1, 0.15) is 30.6 Å². The maximum atomic E-state index is 13.4. The van der Waals surface area contributed by atoms with Gasteiger partial charge in [-0.2, -0.15) is 13.2 Å². The lowest BCUT2D eigenvalue weighted by molar-refractivity contribution is -0.384. The van der Waals surface area contributed by atoms with Crippen LogP contribution in [0.4, 0.5) is 18.9 Å². The Hall–Kier alpha value is -2.62. The molecule has 1 heterocycles. The molecular formula is C15H16F3N3O4. The molecule has 1 aliphatic rings. The van der Waals surface area contributed by atoms with Gasteiger partial charge in [0.05, 0.1) is 4.92 Å². The number of rotatable bonds is 4. The number of hydrogen-bond acceptors (Lipinski definition) is 5. The van der Waals surface area contributed by atoms with Crippen LogP contribution in [0.15, 0.2) is 36.0 Å². The molecule has 1 aromatic rings. The third-order valence-corrected chi connectivity index (χ3v) is 3.52. The lowest BCUT2D eigenvalue weighted by atomic mass is 10.1. The van der Waals surface area contributed by atoms with Crippen molar-refractivity contribution >= 4 is 11.6 Å². The molecule has 2 rings (SSSR count). The van der Waals surface area contributed by atoms with E-state index in [4.69, 9.17) is 0 Å². The minimum Gasteiger partial charge on any atom is -0.359 e. The molecule has 0 saturated carbocycles. The van der Waals surface area contributed by atoms with Crippen LogP contribution in [0.2, 0.25) is 0 Å². The second-order valence-electron chi connectivity index (χ2n) is 6.05. The van der Waals surface area contributed by atoms with E-state index < -0.39 is 28.4 Å². The van der Waals surface area contributed by atoms with Gasteiger partial charge in [-0.25, -0.2) is 5.01 Å². The summed E-state index contributed by atoms with van der Waals surface area (Å²) in [6, 6.07) is 4.26. The van der Waals surface area contributed by atoms with E-state index in [0.29, 0.717) is 6.08 Å². The highest BCUT2D eigenvalue weighted by Crippen LogP contribution is 2.39. The molecule has 0 aliphatic carbocycles. The second kappa shape index (κ2) is 6.36. The van der Waals surface area contributed by atoms with Gasteiger partial charge in [0.15, 0.2) is 0 Å². The monoisotopic (exact) mass is 359 g/mol. The van der Waals surface area contributed by atoms with E-state index >= 15 is 0 Å². The Bertz CT molecular complexity index is 733. The number of hydrogen-bond donors (Lipinski definition) is 2. The van der Waals surface area contributed by atoms with Crippen molar-refractivity contribution < 1.29 is 28.0 Å². The number of nitrogens with zero attached hydrogens (tertiary/aromatic N) is 2. The van der Waals surface area contributed by atoms with Gasteiger partial charge < -0.3 is 5.11 Å². The molecule has 0 saturated heterocycles. The highest BCUT2D eigenvalue weighted by molar-refractivity contribution is 5.95. The number of alkyl halides is 3. The number of nitro benzene ring substituents is 1. The molecule has 7 nitrogen and oxygen atoms in total. The maximum Gasteiger partial charge on any atom is 0.442 e. The number of amides is 1. The van der Waals surface area contributed by atoms with E-state index in [1.54, 1.807) is 13.8 Å². The minimum absolute atomic E-state index is 0.0240. The standard InChI is InChI=1S/C15H16F3N3O4/c1-9(2)6-11-8-14(23,15(16,17)18)20(19-11)13(22)10-4-3-5-12(7-10)21(24)25/h3-5,7-9,19,23H,6H2,1-2H3/t14-/m1/s1. The molecule has 25 heavy (non-hydrogen) atoms. The summed E-state index contributed by atoms with van der Waals surface area (Å²) in [5, 5.41) is 20.9. The van der Waals surface area contributed by atoms with E-state index in [9.17, 15) is 33.2 Å². The van der Waals surface area contributed by atoms with Gasteiger partial charge in [-0.3, -0.25) is 20.3 Å². The van der Waals surface area contributed by atoms with Crippen LogP contribution >= 0.6 is 0 Å². The van der Waals surface area contributed by atoms with Crippen LogP contribution in [-0.2, 0) is 0 Å². The molecule has 1 amide bonds. The van der Waals surface area contributed by atoms with Crippen LogP contribution in [0.25, 0.3) is 0 Å². The number of non-ortho nitro benzene ring substituents is 1. The Morgan fingerprint density at radius 2 is 2.08 bits per heavy atom. The normalized spacial score (nSPS) is 20.4. The van der Waals surface area contributed by atoms with Gasteiger partial charge in [0.2, 0.25) is 0 Å². The zero-order chi connectivity index (χ0) is 19.0. The van der Waals surface area contributed by atoms with Gasteiger partial charge in [-0.15, -0.1) is 0 Å². The van der Waals surface area contributed by atoms with Crippen LogP contribution in [0.5, 0.6) is 0 Å². The SMILES string of the molecule is CC(C)CC1=C[C@@](O)(C(F)(F)F)N(C(=O)c2cccc([N+](=O)[O-])c2)N1. The number of benzene rings is 1. The summed E-state index contributed by atoms with van der Waals surface area (Å²) in [6.45, 7) is 3.53. The predicted molar refractivity (Wildman–Crippen MR) is 80.9 cm³/mol. The first-order chi connectivity index (χ1) is 11.5. The zero-order valence-electron chi connectivity index (χ0n) is 13.4. The Morgan fingerprint density at radius 1 is 1.44 bits per heavy atom. The van der Waals surface area contributed by atoms with E-state index in [2.05, 4.69) is 5.43 Å². The van der Waals surface area contributed by atoms with Crippen molar-refractivity contribution in [1.29, 1.82) is 0 Å². The van der Waals surface area contributed by atoms with Crippen LogP contribution in [0, 0.1) is 16.0 Å². The second-order valence-corrected chi connectivity index (χ2v) is 6.05. The molecule has 0 radical (unpaired) electrons. The number of nitrogens with one attached hydrogen (secondary N) is 1. The molecule has 0 aromatic heterocycles. The highest BCUT2D eigenvalue weighted by Gasteiger charge is 2.61. The molecule has 0 bridgehead atoms. The largest absolute Gasteiger partial charge is 0.442 e. The maximum absolute atomic E-state index is 13.4. The van der Waals surface area contributed by atoms with Crippen molar-refractivity contribution in [1.82, 2.24) is 10.4 Å². The van der Waals surface area contributed by atoms with Gasteiger partial charge in [0, 0.05) is 23.4 Å². The first-order valence-electron chi connectivity index (χ1n) is 7.32. The fourth-order valence-electron chi connectivity index (χ4n) is 2.41. The van der Waals surface area contributed by atoms with E-state index in [-0.39, 0.29) is 28.6 Å². The summed E-state index contributed by atoms with van der Waals surface area (Å²) in [6.07, 6.45) is -4.44. The van der Waals surface area contributed by atoms with Gasteiger partial charge >= 0.3 is 6.18 Å². The fraction of sp³-hybridized carbons (Fsp3) is 0.400. The third kappa shape index (κ3) is 3.58. The summed E-state index contributed by atoms with van der Waals surface area (Å²) in [7, 11) is 0. The lowest BCUT2D eigenvalue weighted by Crippen LogP contribution is -2.60. The Morgan fingerprint density at radius 3 is 2.60 bits per heavy atom. The quantitative estimate of drug-likeness (QED) is 0.637. The number of nitro groups is 1. The molecule has 1 aliphatic heterocycles. The van der Waals surface area contributed by atoms with Crippen molar-refractivity contribution in [3.05, 3.63) is 51.7 Å². The molecule has 136 valence electrons. The molecule has 1 atom stereocenters. The number of carbonyl (C=O) groups is 1. The number of hydrazine groups is 1. The molecule has 2 N–H and O–H groups in total. The van der Waals surface area contributed by atoms with Gasteiger partial charge in [0.1, 0.15) is 0 Å². The van der Waals surface area contributed by atoms with Crippen molar-refractivity contribution in [3.8, 4) is 0 Å². The van der Waals surface area contributed by atoms with Gasteiger partial charge in [-0.05, 0) is 24.5 Å². The third-order valence-electron chi connectivity index (χ3n) is 3.52. The lowest BCUT2D eigenvalue weighted by Gasteiger charge is -2.33. The molecular weight excluding hydrogens is 343 g/mol. The van der Waals surface area contributed by atoms with Gasteiger partial charge in [0.25, 0.3) is 17.3 Å². The summed E-state index contributed by atoms with van der Waals surface area (Å²) in [4.78, 5) is 22.5. The minimum atomic E-state index is -5.16. The van der Waals surface area contributed by atoms with Crippen molar-refractivity contribution in [2.24, 2.45) is 5.92 Å². The molecule has 0 spiro atoms. The summed E-state index contributed by atoms with van der Waals surface area (Å²) >= 11 is 0. The molecule has 0 unspecified atom stereocenters. The molecule has 10 heteroatoms. The summed E-state index contributed by atoms with van der Waals surface area (Å²) in [5.74, 6) is -1.26. The van der Waals surface area contributed by atoms with Crippen molar-refractivity contribution in [2.75, 3.05) is 0 Å². The topological polar surface area (TPSA) is 95.7 Å². The van der Waals surface area contributed by atoms with Crippen molar-refractivity contribution in [3.63, 3.8) is 0 Å². The Labute approximate surface area is 140 Å². The zero-order valence-corrected chi connectivity index (χ0v) is 13.4. The molecule has 0 fully saturated rings. The van der Waals surface area contributed by atoms with Crippen LogP contribution in [0.3, 0.4) is 0 Å². The number of aliphatic hydroxyl groups is 1. The van der Waals surface area contributed by atoms with Crippen LogP contribution < -0.4 is 5.43 Å². The summed E-state index contributed by atoms with van der Waals surface area (Å²) < 4.78 is 40.1. The van der Waals surface area contributed by atoms with E-state index in [0.717, 1.165) is 18.2 Å². The highest BCUT2D eigenvalue weighted by atomic mass is 19.4. The number of halogens is 3. The average molecular weight is 359 g/mol. The van der Waals surface area contributed by atoms with Crippen LogP contribution in [-0.4, -0.2) is 32.8 Å². The number of allylic oxidation sites excluding steroid dienone is 1. The average Bonchev–Trinajstić information content (AvgIpc) is 2.83. The van der Waals surface area contributed by atoms with Gasteiger partial charge in [-0.1, -0.05) is 19.9 Å². The first-order valence-corrected chi connectivity index (χ1v) is 7.32. The fourth-order valence-corrected chi connectivity index (χ4v) is 2.41. The van der Waals surface area contributed by atoms with Crippen molar-refractivity contribution in [2.45, 2.75) is 32.2 Å². The summed E-state index contributed by atoms with van der Waals surface area (Å²) in [5.41, 5.74) is -2.04. The predicted octanol–water partition coefficient (Wildman–Crippen LogP) is 2.74. The smallest absolute Gasteiger partial charge is 0.359 e. The van der Waals surface area contributed by atoms with E-state index in [1.165, 1.54) is 6.07 Å². The molecule has 1 aromatic carbocycles. The Balaban J connectivity index is 2.41. The first kappa shape index (κ1) is 18.7. The van der Waals surface area contributed by atoms with E-state index in [1.807, 2.05) is 0 Å². The Kier molecular flexibility index (Phi) is 4.76. The number of carbonyl (C=O) groups excluding carboxylic acids is 1.